The zero-order chi connectivity index (χ0) is 24.8. The standard InChI is InChI=1S/C21H22ClN5O7/c1-13-19(23-12-26(13)8-14-4-6-15(22)7-5-14)20-24-27(21(31)34-20)9-16(28)25(10-17(29)32-2)11-18(30)33-3/h4-7,12H,8-11H2,1-3H3. The van der Waals surface area contributed by atoms with Gasteiger partial charge in [-0.25, -0.2) is 9.78 Å². The van der Waals surface area contributed by atoms with Gasteiger partial charge in [0.25, 0.3) is 5.89 Å². The Labute approximate surface area is 198 Å². The number of carbonyl (C=O) groups is 3. The maximum atomic E-state index is 12.7. The average molecular weight is 492 g/mol. The summed E-state index contributed by atoms with van der Waals surface area (Å²) in [6.07, 6.45) is 1.58. The van der Waals surface area contributed by atoms with Crippen LogP contribution in [0.25, 0.3) is 11.6 Å². The lowest BCUT2D eigenvalue weighted by atomic mass is 10.2. The Balaban J connectivity index is 1.78. The molecule has 0 atom stereocenters. The first kappa shape index (κ1) is 24.7. The number of halogens is 1. The molecule has 0 aliphatic carbocycles. The summed E-state index contributed by atoms with van der Waals surface area (Å²) < 4.78 is 16.9. The third-order valence-electron chi connectivity index (χ3n) is 4.91. The highest BCUT2D eigenvalue weighted by molar-refractivity contribution is 6.30. The molecule has 0 radical (unpaired) electrons. The van der Waals surface area contributed by atoms with E-state index in [-0.39, 0.29) is 5.89 Å². The lowest BCUT2D eigenvalue weighted by molar-refractivity contribution is -0.152. The fraction of sp³-hybridized carbons (Fsp3) is 0.333. The van der Waals surface area contributed by atoms with E-state index in [4.69, 9.17) is 16.0 Å². The van der Waals surface area contributed by atoms with Crippen LogP contribution in [0.5, 0.6) is 0 Å². The molecule has 180 valence electrons. The van der Waals surface area contributed by atoms with E-state index in [0.717, 1.165) is 29.4 Å². The lowest BCUT2D eigenvalue weighted by Crippen LogP contribution is -2.42. The molecule has 0 bridgehead atoms. The second-order valence-electron chi connectivity index (χ2n) is 7.17. The summed E-state index contributed by atoms with van der Waals surface area (Å²) in [6, 6.07) is 7.34. The Morgan fingerprint density at radius 2 is 1.71 bits per heavy atom. The topological polar surface area (TPSA) is 139 Å². The van der Waals surface area contributed by atoms with E-state index < -0.39 is 43.2 Å². The molecule has 0 fully saturated rings. The number of hydrogen-bond donors (Lipinski definition) is 0. The van der Waals surface area contributed by atoms with Crippen molar-refractivity contribution in [1.82, 2.24) is 24.2 Å². The van der Waals surface area contributed by atoms with Crippen LogP contribution in [0, 0.1) is 6.92 Å². The number of amides is 1. The smallest absolute Gasteiger partial charge is 0.437 e. The minimum atomic E-state index is -0.897. The highest BCUT2D eigenvalue weighted by Crippen LogP contribution is 2.20. The van der Waals surface area contributed by atoms with Gasteiger partial charge in [0, 0.05) is 17.3 Å². The lowest BCUT2D eigenvalue weighted by Gasteiger charge is -2.19. The molecule has 2 aromatic heterocycles. The number of ether oxygens (including phenoxy) is 2. The van der Waals surface area contributed by atoms with E-state index in [2.05, 4.69) is 19.6 Å². The number of nitrogens with zero attached hydrogens (tertiary/aromatic N) is 5. The van der Waals surface area contributed by atoms with Gasteiger partial charge in [-0.3, -0.25) is 14.4 Å². The summed E-state index contributed by atoms with van der Waals surface area (Å²) >= 11 is 5.92. The first-order valence-electron chi connectivity index (χ1n) is 9.97. The summed E-state index contributed by atoms with van der Waals surface area (Å²) in [5.74, 6) is -3.19. The van der Waals surface area contributed by atoms with E-state index in [1.807, 2.05) is 16.7 Å². The predicted molar refractivity (Wildman–Crippen MR) is 118 cm³/mol. The van der Waals surface area contributed by atoms with Gasteiger partial charge in [0.15, 0.2) is 0 Å². The monoisotopic (exact) mass is 491 g/mol. The van der Waals surface area contributed by atoms with E-state index in [0.29, 0.717) is 23.0 Å². The van der Waals surface area contributed by atoms with Gasteiger partial charge in [-0.1, -0.05) is 23.7 Å². The van der Waals surface area contributed by atoms with Crippen molar-refractivity contribution in [2.75, 3.05) is 27.3 Å². The molecule has 1 amide bonds. The van der Waals surface area contributed by atoms with Gasteiger partial charge in [-0.15, -0.1) is 5.10 Å². The normalized spacial score (nSPS) is 10.7. The van der Waals surface area contributed by atoms with Crippen molar-refractivity contribution in [2.45, 2.75) is 20.0 Å². The molecule has 12 nitrogen and oxygen atoms in total. The third-order valence-corrected chi connectivity index (χ3v) is 5.16. The van der Waals surface area contributed by atoms with Gasteiger partial charge < -0.3 is 23.4 Å². The molecule has 0 saturated carbocycles. The van der Waals surface area contributed by atoms with Crippen molar-refractivity contribution in [2.24, 2.45) is 0 Å². The van der Waals surface area contributed by atoms with Crippen LogP contribution in [0.1, 0.15) is 11.3 Å². The largest absolute Gasteiger partial charge is 0.468 e. The van der Waals surface area contributed by atoms with E-state index in [9.17, 15) is 19.2 Å². The van der Waals surface area contributed by atoms with Crippen LogP contribution in [0.4, 0.5) is 0 Å². The minimum absolute atomic E-state index is 0.0716. The molecule has 13 heteroatoms. The van der Waals surface area contributed by atoms with Gasteiger partial charge in [-0.2, -0.15) is 4.68 Å². The van der Waals surface area contributed by atoms with Gasteiger partial charge >= 0.3 is 17.7 Å². The molecule has 2 heterocycles. The molecular weight excluding hydrogens is 470 g/mol. The Morgan fingerprint density at radius 1 is 1.09 bits per heavy atom. The summed E-state index contributed by atoms with van der Waals surface area (Å²) in [5.41, 5.74) is 2.01. The van der Waals surface area contributed by atoms with Crippen LogP contribution < -0.4 is 5.76 Å². The van der Waals surface area contributed by atoms with Crippen LogP contribution >= 0.6 is 11.6 Å². The first-order valence-corrected chi connectivity index (χ1v) is 10.4. The van der Waals surface area contributed by atoms with Crippen LogP contribution in [0.2, 0.25) is 5.02 Å². The van der Waals surface area contributed by atoms with Crippen LogP contribution in [0.3, 0.4) is 0 Å². The van der Waals surface area contributed by atoms with Crippen molar-refractivity contribution in [3.05, 3.63) is 57.4 Å². The molecule has 34 heavy (non-hydrogen) atoms. The van der Waals surface area contributed by atoms with Crippen molar-refractivity contribution in [3.63, 3.8) is 0 Å². The highest BCUT2D eigenvalue weighted by atomic mass is 35.5. The van der Waals surface area contributed by atoms with E-state index >= 15 is 0 Å². The Morgan fingerprint density at radius 3 is 2.29 bits per heavy atom. The summed E-state index contributed by atoms with van der Waals surface area (Å²) in [4.78, 5) is 53.3. The molecule has 3 aromatic rings. The zero-order valence-corrected chi connectivity index (χ0v) is 19.4. The first-order chi connectivity index (χ1) is 16.2. The van der Waals surface area contributed by atoms with Crippen molar-refractivity contribution in [3.8, 4) is 11.6 Å². The molecule has 0 unspecified atom stereocenters. The molecular formula is C21H22ClN5O7. The maximum absolute atomic E-state index is 12.7. The van der Waals surface area contributed by atoms with Crippen molar-refractivity contribution in [1.29, 1.82) is 0 Å². The molecule has 0 N–H and O–H groups in total. The molecule has 0 saturated heterocycles. The fourth-order valence-electron chi connectivity index (χ4n) is 3.00. The van der Waals surface area contributed by atoms with Gasteiger partial charge in [-0.05, 0) is 24.6 Å². The number of benzene rings is 1. The number of rotatable bonds is 9. The van der Waals surface area contributed by atoms with Gasteiger partial charge in [0.1, 0.15) is 25.3 Å². The predicted octanol–water partition coefficient (Wildman–Crippen LogP) is 0.885. The maximum Gasteiger partial charge on any atom is 0.437 e. The second-order valence-corrected chi connectivity index (χ2v) is 7.60. The molecule has 1 aromatic carbocycles. The summed E-state index contributed by atoms with van der Waals surface area (Å²) in [5, 5.41) is 4.69. The number of esters is 2. The highest BCUT2D eigenvalue weighted by Gasteiger charge is 2.24. The number of imidazole rings is 1. The number of methoxy groups -OCH3 is 2. The Kier molecular flexibility index (Phi) is 7.84. The van der Waals surface area contributed by atoms with E-state index in [1.54, 1.807) is 25.4 Å². The van der Waals surface area contributed by atoms with Crippen LogP contribution in [-0.2, 0) is 36.9 Å². The van der Waals surface area contributed by atoms with Gasteiger partial charge in [0.05, 0.1) is 20.5 Å². The van der Waals surface area contributed by atoms with Crippen molar-refractivity contribution >= 4 is 29.4 Å². The van der Waals surface area contributed by atoms with E-state index in [1.165, 1.54) is 0 Å². The SMILES string of the molecule is COC(=O)CN(CC(=O)OC)C(=O)Cn1nc(-c2ncn(Cc3ccc(Cl)cc3)c2C)oc1=O. The molecule has 0 spiro atoms. The summed E-state index contributed by atoms with van der Waals surface area (Å²) in [6.45, 7) is 0.726. The Hall–Kier alpha value is -3.93. The molecule has 0 aliphatic rings. The summed E-state index contributed by atoms with van der Waals surface area (Å²) in [7, 11) is 2.29. The number of carbonyl (C=O) groups excluding carboxylic acids is 3. The number of hydrogen-bond acceptors (Lipinski definition) is 9. The van der Waals surface area contributed by atoms with Crippen molar-refractivity contribution < 1.29 is 28.3 Å². The van der Waals surface area contributed by atoms with Gasteiger partial charge in [0.2, 0.25) is 5.91 Å². The average Bonchev–Trinajstić information content (AvgIpc) is 3.36. The zero-order valence-electron chi connectivity index (χ0n) is 18.7. The molecule has 3 rings (SSSR count). The molecule has 0 aliphatic heterocycles. The van der Waals surface area contributed by atoms with Crippen LogP contribution in [-0.4, -0.2) is 69.4 Å². The number of aromatic nitrogens is 4. The second kappa shape index (κ2) is 10.8. The third kappa shape index (κ3) is 5.90. The minimum Gasteiger partial charge on any atom is -0.468 e. The Bertz CT molecular complexity index is 1230. The van der Waals surface area contributed by atoms with Crippen LogP contribution in [0.15, 0.2) is 39.8 Å². The fourth-order valence-corrected chi connectivity index (χ4v) is 3.13. The quantitative estimate of drug-likeness (QED) is 0.399.